The van der Waals surface area contributed by atoms with Crippen LogP contribution in [0.1, 0.15) is 12.7 Å². The Morgan fingerprint density at radius 3 is 2.56 bits per heavy atom. The highest BCUT2D eigenvalue weighted by molar-refractivity contribution is 7.80. The summed E-state index contributed by atoms with van der Waals surface area (Å²) in [6.45, 7) is 4.08. The van der Waals surface area contributed by atoms with Crippen LogP contribution in [-0.4, -0.2) is 28.8 Å². The number of ether oxygens (including phenoxy) is 2. The summed E-state index contributed by atoms with van der Waals surface area (Å²) in [5.74, 6) is 1.28. The zero-order chi connectivity index (χ0) is 12.1. The molecule has 0 amide bonds. The highest BCUT2D eigenvalue weighted by Crippen LogP contribution is 2.30. The van der Waals surface area contributed by atoms with Gasteiger partial charge in [-0.25, -0.2) is 0 Å². The molecule has 3 N–H and O–H groups in total. The molecule has 0 unspecified atom stereocenters. The van der Waals surface area contributed by atoms with E-state index in [0.29, 0.717) is 29.9 Å². The van der Waals surface area contributed by atoms with Crippen LogP contribution in [0.25, 0.3) is 0 Å². The third kappa shape index (κ3) is 2.93. The Kier molecular flexibility index (Phi) is 4.24. The van der Waals surface area contributed by atoms with E-state index >= 15 is 0 Å². The molecule has 1 heterocycles. The first-order chi connectivity index (χ1) is 7.58. The predicted molar refractivity (Wildman–Crippen MR) is 64.9 cm³/mol. The van der Waals surface area contributed by atoms with Crippen LogP contribution in [0.4, 0.5) is 5.69 Å². The topological polar surface area (TPSA) is 82.3 Å². The molecule has 7 heteroatoms. The number of aryl methyl sites for hydroxylation is 1. The largest absolute Gasteiger partial charge is 0.479 e. The number of hydrogen-bond acceptors (Lipinski definition) is 5. The summed E-state index contributed by atoms with van der Waals surface area (Å²) in [7, 11) is 1.50. The van der Waals surface area contributed by atoms with Crippen molar-refractivity contribution in [3.8, 4) is 11.8 Å². The Bertz CT molecular complexity index is 397. The van der Waals surface area contributed by atoms with E-state index in [9.17, 15) is 0 Å². The van der Waals surface area contributed by atoms with Gasteiger partial charge in [0.25, 0.3) is 0 Å². The second kappa shape index (κ2) is 5.45. The van der Waals surface area contributed by atoms with E-state index in [1.807, 2.05) is 6.92 Å². The summed E-state index contributed by atoms with van der Waals surface area (Å²) in [6, 6.07) is 0. The van der Waals surface area contributed by atoms with Gasteiger partial charge in [0.2, 0.25) is 11.8 Å². The average Bonchev–Trinajstić information content (AvgIpc) is 2.21. The van der Waals surface area contributed by atoms with Gasteiger partial charge in [-0.15, -0.1) is 0 Å². The summed E-state index contributed by atoms with van der Waals surface area (Å²) < 4.78 is 10.5. The maximum Gasteiger partial charge on any atom is 0.245 e. The molecule has 0 aromatic carbocycles. The third-order valence-electron chi connectivity index (χ3n) is 1.68. The van der Waals surface area contributed by atoms with Crippen molar-refractivity contribution in [3.63, 3.8) is 0 Å². The maximum absolute atomic E-state index is 5.40. The minimum absolute atomic E-state index is 0.103. The number of rotatable bonds is 4. The molecule has 0 aliphatic rings. The molecular formula is C9H14N4O2S. The molecule has 1 rings (SSSR count). The molecule has 0 saturated carbocycles. The minimum Gasteiger partial charge on any atom is -0.479 e. The van der Waals surface area contributed by atoms with Crippen LogP contribution in [0.15, 0.2) is 0 Å². The SMILES string of the molecule is CCOc1nc(C)nc(OC)c1NC(N)=S. The lowest BCUT2D eigenvalue weighted by molar-refractivity contribution is 0.321. The standard InChI is InChI=1S/C9H14N4O2S/c1-4-15-8-6(13-9(10)16)7(14-3)11-5(2)12-8/h4H2,1-3H3,(H3,10,13,16). The average molecular weight is 242 g/mol. The number of nitrogens with one attached hydrogen (secondary N) is 1. The maximum atomic E-state index is 5.40. The fourth-order valence-electron chi connectivity index (χ4n) is 1.14. The van der Waals surface area contributed by atoms with Gasteiger partial charge in [-0.1, -0.05) is 0 Å². The molecule has 0 bridgehead atoms. The monoisotopic (exact) mass is 242 g/mol. The Labute approximate surface area is 99.2 Å². The van der Waals surface area contributed by atoms with Gasteiger partial charge in [-0.05, 0) is 26.1 Å². The van der Waals surface area contributed by atoms with Crippen LogP contribution >= 0.6 is 12.2 Å². The Hall–Kier alpha value is -1.63. The first-order valence-electron chi connectivity index (χ1n) is 4.70. The smallest absolute Gasteiger partial charge is 0.245 e. The molecule has 0 saturated heterocycles. The molecule has 6 nitrogen and oxygen atoms in total. The van der Waals surface area contributed by atoms with Crippen molar-refractivity contribution in [1.29, 1.82) is 0 Å². The van der Waals surface area contributed by atoms with Crippen LogP contribution in [0, 0.1) is 6.92 Å². The van der Waals surface area contributed by atoms with Crippen molar-refractivity contribution in [2.24, 2.45) is 5.73 Å². The number of hydrogen-bond donors (Lipinski definition) is 2. The first-order valence-corrected chi connectivity index (χ1v) is 5.11. The van der Waals surface area contributed by atoms with Gasteiger partial charge in [-0.2, -0.15) is 9.97 Å². The second-order valence-electron chi connectivity index (χ2n) is 2.88. The normalized spacial score (nSPS) is 9.69. The van der Waals surface area contributed by atoms with Crippen molar-refractivity contribution in [3.05, 3.63) is 5.82 Å². The van der Waals surface area contributed by atoms with E-state index in [4.69, 9.17) is 27.4 Å². The van der Waals surface area contributed by atoms with Gasteiger partial charge in [0.1, 0.15) is 5.82 Å². The summed E-state index contributed by atoms with van der Waals surface area (Å²) in [4.78, 5) is 8.23. The number of thiocarbonyl (C=S) groups is 1. The summed E-state index contributed by atoms with van der Waals surface area (Å²) >= 11 is 4.76. The molecule has 0 fully saturated rings. The summed E-state index contributed by atoms with van der Waals surface area (Å²) in [6.07, 6.45) is 0. The van der Waals surface area contributed by atoms with Crippen LogP contribution in [0.2, 0.25) is 0 Å². The van der Waals surface area contributed by atoms with Crippen molar-refractivity contribution < 1.29 is 9.47 Å². The van der Waals surface area contributed by atoms with Crippen molar-refractivity contribution >= 4 is 23.0 Å². The highest BCUT2D eigenvalue weighted by Gasteiger charge is 2.15. The van der Waals surface area contributed by atoms with Gasteiger partial charge in [0.15, 0.2) is 10.8 Å². The van der Waals surface area contributed by atoms with Crippen molar-refractivity contribution in [2.75, 3.05) is 19.0 Å². The molecule has 0 aliphatic carbocycles. The molecule has 1 aromatic heterocycles. The lowest BCUT2D eigenvalue weighted by Gasteiger charge is -2.13. The Morgan fingerprint density at radius 1 is 1.44 bits per heavy atom. The quantitative estimate of drug-likeness (QED) is 0.757. The molecule has 0 aliphatic heterocycles. The lowest BCUT2D eigenvalue weighted by atomic mass is 10.4. The Morgan fingerprint density at radius 2 is 2.06 bits per heavy atom. The van der Waals surface area contributed by atoms with Gasteiger partial charge >= 0.3 is 0 Å². The van der Waals surface area contributed by atoms with Crippen molar-refractivity contribution in [1.82, 2.24) is 9.97 Å². The zero-order valence-corrected chi connectivity index (χ0v) is 10.2. The number of aromatic nitrogens is 2. The Balaban J connectivity index is 3.20. The van der Waals surface area contributed by atoms with E-state index in [2.05, 4.69) is 15.3 Å². The van der Waals surface area contributed by atoms with Gasteiger partial charge in [0.05, 0.1) is 13.7 Å². The molecule has 0 radical (unpaired) electrons. The van der Waals surface area contributed by atoms with Crippen LogP contribution < -0.4 is 20.5 Å². The molecular weight excluding hydrogens is 228 g/mol. The highest BCUT2D eigenvalue weighted by atomic mass is 32.1. The number of anilines is 1. The fourth-order valence-corrected chi connectivity index (χ4v) is 1.24. The van der Waals surface area contributed by atoms with Gasteiger partial charge in [0, 0.05) is 0 Å². The van der Waals surface area contributed by atoms with Crippen LogP contribution in [-0.2, 0) is 0 Å². The zero-order valence-electron chi connectivity index (χ0n) is 9.40. The number of methoxy groups -OCH3 is 1. The third-order valence-corrected chi connectivity index (χ3v) is 1.78. The molecule has 0 atom stereocenters. The minimum atomic E-state index is 0.103. The summed E-state index contributed by atoms with van der Waals surface area (Å²) in [5.41, 5.74) is 5.85. The van der Waals surface area contributed by atoms with Crippen LogP contribution in [0.5, 0.6) is 11.8 Å². The van der Waals surface area contributed by atoms with E-state index < -0.39 is 0 Å². The van der Waals surface area contributed by atoms with Crippen LogP contribution in [0.3, 0.4) is 0 Å². The van der Waals surface area contributed by atoms with E-state index in [0.717, 1.165) is 0 Å². The molecule has 16 heavy (non-hydrogen) atoms. The fraction of sp³-hybridized carbons (Fsp3) is 0.444. The van der Waals surface area contributed by atoms with E-state index in [1.54, 1.807) is 6.92 Å². The first kappa shape index (κ1) is 12.4. The molecule has 1 aromatic rings. The molecule has 0 spiro atoms. The van der Waals surface area contributed by atoms with Gasteiger partial charge < -0.3 is 20.5 Å². The van der Waals surface area contributed by atoms with Gasteiger partial charge in [-0.3, -0.25) is 0 Å². The van der Waals surface area contributed by atoms with E-state index in [1.165, 1.54) is 7.11 Å². The molecule has 88 valence electrons. The van der Waals surface area contributed by atoms with Crippen molar-refractivity contribution in [2.45, 2.75) is 13.8 Å². The summed E-state index contributed by atoms with van der Waals surface area (Å²) in [5, 5.41) is 2.84. The van der Waals surface area contributed by atoms with E-state index in [-0.39, 0.29) is 5.11 Å². The number of nitrogens with two attached hydrogens (primary N) is 1. The lowest BCUT2D eigenvalue weighted by Crippen LogP contribution is -2.21. The predicted octanol–water partition coefficient (Wildman–Crippen LogP) is 0.848. The second-order valence-corrected chi connectivity index (χ2v) is 3.32. The number of nitrogens with zero attached hydrogens (tertiary/aromatic N) is 2.